The third-order valence-electron chi connectivity index (χ3n) is 7.14. The van der Waals surface area contributed by atoms with E-state index in [-0.39, 0.29) is 5.82 Å². The van der Waals surface area contributed by atoms with Gasteiger partial charge in [0.1, 0.15) is 11.5 Å². The molecule has 38 heavy (non-hydrogen) atoms. The van der Waals surface area contributed by atoms with Crippen LogP contribution in [0, 0.1) is 12.7 Å². The minimum Gasteiger partial charge on any atom is -0.357 e. The summed E-state index contributed by atoms with van der Waals surface area (Å²) < 4.78 is 14.0. The van der Waals surface area contributed by atoms with Gasteiger partial charge in [0.25, 0.3) is 0 Å². The first-order valence-electron chi connectivity index (χ1n) is 12.9. The van der Waals surface area contributed by atoms with Crippen molar-refractivity contribution in [2.45, 2.75) is 26.3 Å². The van der Waals surface area contributed by atoms with Crippen LogP contribution in [0.4, 0.5) is 4.39 Å². The zero-order valence-corrected chi connectivity index (χ0v) is 21.3. The van der Waals surface area contributed by atoms with Crippen molar-refractivity contribution in [2.24, 2.45) is 4.99 Å². The van der Waals surface area contributed by atoms with Crippen LogP contribution in [0.2, 0.25) is 0 Å². The van der Waals surface area contributed by atoms with Crippen molar-refractivity contribution in [3.63, 3.8) is 0 Å². The summed E-state index contributed by atoms with van der Waals surface area (Å²) in [4.78, 5) is 15.0. The molecule has 6 rings (SSSR count). The molecule has 3 aromatic heterocycles. The number of likely N-dealkylation sites (tertiary alicyclic amines) is 1. The van der Waals surface area contributed by atoms with E-state index in [2.05, 4.69) is 60.9 Å². The normalized spacial score (nSPS) is 14.4. The third kappa shape index (κ3) is 4.68. The smallest absolute Gasteiger partial charge is 0.123 e. The zero-order chi connectivity index (χ0) is 26.1. The van der Waals surface area contributed by atoms with Crippen molar-refractivity contribution < 1.29 is 4.39 Å². The highest BCUT2D eigenvalue weighted by atomic mass is 19.1. The third-order valence-corrected chi connectivity index (χ3v) is 7.14. The second-order valence-corrected chi connectivity index (χ2v) is 9.79. The summed E-state index contributed by atoms with van der Waals surface area (Å²) in [5.41, 5.74) is 9.16. The fraction of sp³-hybridized carbons (Fsp3) is 0.194. The van der Waals surface area contributed by atoms with Gasteiger partial charge in [-0.25, -0.2) is 4.39 Å². The summed E-state index contributed by atoms with van der Waals surface area (Å²) in [7, 11) is 0. The number of aliphatic imine (C=N–C) groups is 1. The molecule has 1 fully saturated rings. The van der Waals surface area contributed by atoms with Crippen molar-refractivity contribution >= 4 is 16.6 Å². The monoisotopic (exact) mass is 504 g/mol. The number of nitrogens with one attached hydrogen (secondary N) is 2. The largest absolute Gasteiger partial charge is 0.357 e. The highest BCUT2D eigenvalue weighted by Gasteiger charge is 2.18. The number of nitrogens with zero attached hydrogens (tertiary/aromatic N) is 4. The Hall–Kier alpha value is -4.36. The van der Waals surface area contributed by atoms with Crippen molar-refractivity contribution in [3.8, 4) is 22.5 Å². The zero-order valence-electron chi connectivity index (χ0n) is 21.3. The molecule has 7 heteroatoms. The van der Waals surface area contributed by atoms with Gasteiger partial charge in [-0.3, -0.25) is 20.0 Å². The second-order valence-electron chi connectivity index (χ2n) is 9.79. The van der Waals surface area contributed by atoms with Gasteiger partial charge < -0.3 is 4.98 Å². The minimum atomic E-state index is -0.308. The van der Waals surface area contributed by atoms with Crippen molar-refractivity contribution in [2.75, 3.05) is 13.1 Å². The lowest BCUT2D eigenvalue weighted by molar-refractivity contribution is 0.331. The van der Waals surface area contributed by atoms with E-state index in [0.717, 1.165) is 64.3 Å². The lowest BCUT2D eigenvalue weighted by Crippen LogP contribution is -2.18. The average molecular weight is 505 g/mol. The average Bonchev–Trinajstić information content (AvgIpc) is 3.67. The van der Waals surface area contributed by atoms with E-state index >= 15 is 0 Å². The van der Waals surface area contributed by atoms with Crippen LogP contribution in [0.3, 0.4) is 0 Å². The minimum absolute atomic E-state index is 0.308. The Morgan fingerprint density at radius 2 is 1.95 bits per heavy atom. The Morgan fingerprint density at radius 3 is 2.76 bits per heavy atom. The van der Waals surface area contributed by atoms with E-state index in [1.54, 1.807) is 6.07 Å². The van der Waals surface area contributed by atoms with E-state index in [1.165, 1.54) is 36.7 Å². The fourth-order valence-corrected chi connectivity index (χ4v) is 5.29. The first kappa shape index (κ1) is 24.0. The molecule has 2 aromatic carbocycles. The van der Waals surface area contributed by atoms with Crippen molar-refractivity contribution in [1.29, 1.82) is 0 Å². The molecule has 0 aliphatic carbocycles. The molecule has 4 heterocycles. The van der Waals surface area contributed by atoms with Crippen molar-refractivity contribution in [1.82, 2.24) is 25.1 Å². The molecule has 0 saturated carbocycles. The summed E-state index contributed by atoms with van der Waals surface area (Å²) >= 11 is 0. The molecule has 0 unspecified atom stereocenters. The van der Waals surface area contributed by atoms with Gasteiger partial charge in [-0.2, -0.15) is 5.10 Å². The number of aromatic nitrogens is 4. The van der Waals surface area contributed by atoms with Gasteiger partial charge >= 0.3 is 0 Å². The molecule has 1 aliphatic rings. The Kier molecular flexibility index (Phi) is 6.43. The van der Waals surface area contributed by atoms with Crippen molar-refractivity contribution in [3.05, 3.63) is 108 Å². The number of H-pyrrole nitrogens is 2. The van der Waals surface area contributed by atoms with Gasteiger partial charge in [-0.1, -0.05) is 24.8 Å². The van der Waals surface area contributed by atoms with Crippen LogP contribution < -0.4 is 0 Å². The molecule has 190 valence electrons. The van der Waals surface area contributed by atoms with Crippen LogP contribution >= 0.6 is 0 Å². The molecule has 0 spiro atoms. The molecule has 0 atom stereocenters. The molecule has 0 bridgehead atoms. The lowest BCUT2D eigenvalue weighted by atomic mass is 10.0. The number of benzene rings is 2. The number of fused-ring (bicyclic) bond motifs is 1. The van der Waals surface area contributed by atoms with Gasteiger partial charge in [0.05, 0.1) is 16.9 Å². The molecule has 1 saturated heterocycles. The topological polar surface area (TPSA) is 73.0 Å². The van der Waals surface area contributed by atoms with Gasteiger partial charge in [0.2, 0.25) is 0 Å². The van der Waals surface area contributed by atoms with E-state index in [4.69, 9.17) is 0 Å². The highest BCUT2D eigenvalue weighted by Crippen LogP contribution is 2.32. The fourth-order valence-electron chi connectivity index (χ4n) is 5.29. The molecule has 0 amide bonds. The predicted octanol–water partition coefficient (Wildman–Crippen LogP) is 6.64. The number of pyridine rings is 1. The summed E-state index contributed by atoms with van der Waals surface area (Å²) in [6.07, 6.45) is 7.91. The summed E-state index contributed by atoms with van der Waals surface area (Å²) in [5, 5.41) is 8.80. The van der Waals surface area contributed by atoms with E-state index < -0.39 is 0 Å². The lowest BCUT2D eigenvalue weighted by Gasteiger charge is -2.14. The number of rotatable bonds is 7. The van der Waals surface area contributed by atoms with Gasteiger partial charge in [0, 0.05) is 52.9 Å². The van der Waals surface area contributed by atoms with Crippen LogP contribution in [-0.4, -0.2) is 43.9 Å². The Bertz CT molecular complexity index is 1650. The SMILES string of the molecule is C=CN=C(c1cccc(F)c1)c1cc(-c2n[nH]c3ccc(-c4cncc(CN5CCCC5)c4)cc23)[nH]c1C. The van der Waals surface area contributed by atoms with E-state index in [9.17, 15) is 4.39 Å². The summed E-state index contributed by atoms with van der Waals surface area (Å²) in [6.45, 7) is 8.99. The quantitative estimate of drug-likeness (QED) is 0.244. The maximum atomic E-state index is 14.0. The summed E-state index contributed by atoms with van der Waals surface area (Å²) in [5.74, 6) is -0.308. The molecular weight excluding hydrogens is 475 g/mol. The highest BCUT2D eigenvalue weighted by molar-refractivity contribution is 6.14. The number of aromatic amines is 2. The maximum absolute atomic E-state index is 14.0. The van der Waals surface area contributed by atoms with Crippen LogP contribution in [-0.2, 0) is 6.54 Å². The molecule has 0 radical (unpaired) electrons. The first-order valence-corrected chi connectivity index (χ1v) is 12.9. The van der Waals surface area contributed by atoms with Gasteiger partial charge in [-0.05, 0) is 80.4 Å². The standard InChI is InChI=1S/C31H29FN6/c1-3-34-30(23-7-6-8-25(32)14-23)26-16-29(35-20(26)2)31-27-15-22(9-10-28(27)36-37-31)24-13-21(17-33-18-24)19-38-11-4-5-12-38/h3,6-10,13-18,35H,1,4-5,11-12,19H2,2H3,(H,36,37). The van der Waals surface area contributed by atoms with Gasteiger partial charge in [0.15, 0.2) is 0 Å². The van der Waals surface area contributed by atoms with E-state index in [0.29, 0.717) is 11.3 Å². The van der Waals surface area contributed by atoms with Crippen LogP contribution in [0.15, 0.2) is 84.8 Å². The van der Waals surface area contributed by atoms with Gasteiger partial charge in [-0.15, -0.1) is 0 Å². The van der Waals surface area contributed by atoms with Crippen LogP contribution in [0.1, 0.15) is 35.2 Å². The molecule has 2 N–H and O–H groups in total. The second kappa shape index (κ2) is 10.2. The molecule has 6 nitrogen and oxygen atoms in total. The molecule has 1 aliphatic heterocycles. The number of aryl methyl sites for hydroxylation is 1. The summed E-state index contributed by atoms with van der Waals surface area (Å²) in [6, 6.07) is 17.0. The number of hydrogen-bond acceptors (Lipinski definition) is 4. The Balaban J connectivity index is 1.37. The maximum Gasteiger partial charge on any atom is 0.123 e. The Labute approximate surface area is 221 Å². The van der Waals surface area contributed by atoms with Crippen LogP contribution in [0.25, 0.3) is 33.4 Å². The van der Waals surface area contributed by atoms with E-state index in [1.807, 2.05) is 31.5 Å². The number of hydrogen-bond donors (Lipinski definition) is 2. The first-order chi connectivity index (χ1) is 18.6. The molecular formula is C31H29FN6. The molecule has 5 aromatic rings. The predicted molar refractivity (Wildman–Crippen MR) is 151 cm³/mol. The van der Waals surface area contributed by atoms with Crippen LogP contribution in [0.5, 0.6) is 0 Å². The Morgan fingerprint density at radius 1 is 1.08 bits per heavy atom. The number of halogens is 1.